The summed E-state index contributed by atoms with van der Waals surface area (Å²) in [5.74, 6) is -0.753. The Morgan fingerprint density at radius 2 is 2.27 bits per heavy atom. The van der Waals surface area contributed by atoms with Crippen molar-refractivity contribution in [2.24, 2.45) is 0 Å². The van der Waals surface area contributed by atoms with E-state index < -0.39 is 12.0 Å². The van der Waals surface area contributed by atoms with Crippen LogP contribution in [-0.2, 0) is 16.1 Å². The average molecular weight is 211 g/mol. The molecule has 1 N–H and O–H groups in total. The lowest BCUT2D eigenvalue weighted by Gasteiger charge is -2.23. The number of hydrogen-bond donors (Lipinski definition) is 1. The third-order valence-electron chi connectivity index (χ3n) is 2.14. The van der Waals surface area contributed by atoms with E-state index in [4.69, 9.17) is 9.52 Å². The summed E-state index contributed by atoms with van der Waals surface area (Å²) in [7, 11) is 0. The fraction of sp³-hybridized carbons (Fsp3) is 0.400. The zero-order valence-electron chi connectivity index (χ0n) is 8.64. The van der Waals surface area contributed by atoms with Crippen LogP contribution in [0.15, 0.2) is 22.8 Å². The molecule has 82 valence electrons. The van der Waals surface area contributed by atoms with Crippen LogP contribution in [0.3, 0.4) is 0 Å². The molecule has 1 unspecified atom stereocenters. The highest BCUT2D eigenvalue weighted by molar-refractivity contribution is 5.81. The quantitative estimate of drug-likeness (QED) is 0.809. The Bertz CT molecular complexity index is 344. The van der Waals surface area contributed by atoms with Crippen LogP contribution in [0.25, 0.3) is 0 Å². The van der Waals surface area contributed by atoms with Crippen molar-refractivity contribution in [3.8, 4) is 0 Å². The Labute approximate surface area is 87.3 Å². The van der Waals surface area contributed by atoms with E-state index in [1.807, 2.05) is 0 Å². The first-order chi connectivity index (χ1) is 7.02. The molecular weight excluding hydrogens is 198 g/mol. The third kappa shape index (κ3) is 2.83. The molecule has 0 saturated heterocycles. The number of rotatable bonds is 4. The number of aliphatic carboxylic acids is 1. The van der Waals surface area contributed by atoms with Crippen molar-refractivity contribution in [2.75, 3.05) is 0 Å². The molecule has 1 heterocycles. The van der Waals surface area contributed by atoms with Gasteiger partial charge in [-0.3, -0.25) is 4.79 Å². The number of carboxylic acids is 1. The first-order valence-electron chi connectivity index (χ1n) is 4.54. The molecule has 5 heteroatoms. The second-order valence-electron chi connectivity index (χ2n) is 3.24. The SMILES string of the molecule is CC(=O)N(Cc1ccco1)C(C)C(=O)O. The zero-order chi connectivity index (χ0) is 11.4. The van der Waals surface area contributed by atoms with Crippen molar-refractivity contribution in [1.29, 1.82) is 0 Å². The van der Waals surface area contributed by atoms with Crippen molar-refractivity contribution in [3.63, 3.8) is 0 Å². The molecule has 0 aliphatic heterocycles. The van der Waals surface area contributed by atoms with Crippen LogP contribution >= 0.6 is 0 Å². The first-order valence-corrected chi connectivity index (χ1v) is 4.54. The number of hydrogen-bond acceptors (Lipinski definition) is 3. The number of amides is 1. The molecule has 0 radical (unpaired) electrons. The molecule has 15 heavy (non-hydrogen) atoms. The Morgan fingerprint density at radius 1 is 1.60 bits per heavy atom. The van der Waals surface area contributed by atoms with Gasteiger partial charge in [0.05, 0.1) is 12.8 Å². The van der Waals surface area contributed by atoms with Gasteiger partial charge in [0.1, 0.15) is 11.8 Å². The smallest absolute Gasteiger partial charge is 0.326 e. The monoisotopic (exact) mass is 211 g/mol. The molecule has 0 fully saturated rings. The predicted octanol–water partition coefficient (Wildman–Crippen LogP) is 1.10. The Hall–Kier alpha value is -1.78. The van der Waals surface area contributed by atoms with E-state index in [1.165, 1.54) is 25.0 Å². The Morgan fingerprint density at radius 3 is 2.67 bits per heavy atom. The van der Waals surface area contributed by atoms with E-state index in [0.717, 1.165) is 0 Å². The van der Waals surface area contributed by atoms with Gasteiger partial charge in [0.15, 0.2) is 0 Å². The van der Waals surface area contributed by atoms with Crippen LogP contribution in [0.5, 0.6) is 0 Å². The van der Waals surface area contributed by atoms with Crippen LogP contribution in [0.4, 0.5) is 0 Å². The third-order valence-corrected chi connectivity index (χ3v) is 2.14. The second-order valence-corrected chi connectivity index (χ2v) is 3.24. The van der Waals surface area contributed by atoms with Gasteiger partial charge in [0, 0.05) is 6.92 Å². The van der Waals surface area contributed by atoms with Crippen LogP contribution in [0, 0.1) is 0 Å². The molecule has 1 amide bonds. The van der Waals surface area contributed by atoms with Gasteiger partial charge in [-0.1, -0.05) is 0 Å². The summed E-state index contributed by atoms with van der Waals surface area (Å²) in [4.78, 5) is 23.2. The number of furan rings is 1. The van der Waals surface area contributed by atoms with Crippen molar-refractivity contribution >= 4 is 11.9 Å². The molecule has 0 saturated carbocycles. The fourth-order valence-corrected chi connectivity index (χ4v) is 1.22. The van der Waals surface area contributed by atoms with Crippen molar-refractivity contribution in [1.82, 2.24) is 4.90 Å². The molecule has 1 aromatic rings. The highest BCUT2D eigenvalue weighted by atomic mass is 16.4. The number of carbonyl (C=O) groups excluding carboxylic acids is 1. The molecule has 0 bridgehead atoms. The summed E-state index contributed by atoms with van der Waals surface area (Å²) in [6.07, 6.45) is 1.49. The summed E-state index contributed by atoms with van der Waals surface area (Å²) >= 11 is 0. The summed E-state index contributed by atoms with van der Waals surface area (Å²) in [5, 5.41) is 8.81. The molecule has 1 atom stereocenters. The lowest BCUT2D eigenvalue weighted by molar-refractivity contribution is -0.149. The molecule has 0 aliphatic rings. The highest BCUT2D eigenvalue weighted by Crippen LogP contribution is 2.09. The minimum Gasteiger partial charge on any atom is -0.480 e. The standard InChI is InChI=1S/C10H13NO4/c1-7(10(13)14)11(8(2)12)6-9-4-3-5-15-9/h3-5,7H,6H2,1-2H3,(H,13,14). The van der Waals surface area contributed by atoms with E-state index in [1.54, 1.807) is 12.1 Å². The van der Waals surface area contributed by atoms with E-state index in [-0.39, 0.29) is 12.5 Å². The van der Waals surface area contributed by atoms with E-state index in [2.05, 4.69) is 0 Å². The van der Waals surface area contributed by atoms with Crippen LogP contribution < -0.4 is 0 Å². The fourth-order valence-electron chi connectivity index (χ4n) is 1.22. The van der Waals surface area contributed by atoms with Crippen LogP contribution in [0.1, 0.15) is 19.6 Å². The maximum atomic E-state index is 11.2. The topological polar surface area (TPSA) is 70.8 Å². The van der Waals surface area contributed by atoms with Gasteiger partial charge in [0.25, 0.3) is 0 Å². The summed E-state index contributed by atoms with van der Waals surface area (Å²) in [5.41, 5.74) is 0. The van der Waals surface area contributed by atoms with Crippen molar-refractivity contribution in [2.45, 2.75) is 26.4 Å². The van der Waals surface area contributed by atoms with Gasteiger partial charge in [-0.2, -0.15) is 0 Å². The van der Waals surface area contributed by atoms with Crippen LogP contribution in [-0.4, -0.2) is 27.9 Å². The Balaban J connectivity index is 2.75. The van der Waals surface area contributed by atoms with Crippen LogP contribution in [0.2, 0.25) is 0 Å². The molecular formula is C10H13NO4. The summed E-state index contributed by atoms with van der Waals surface area (Å²) < 4.78 is 5.06. The predicted molar refractivity (Wildman–Crippen MR) is 52.0 cm³/mol. The summed E-state index contributed by atoms with van der Waals surface area (Å²) in [6, 6.07) is 2.54. The van der Waals surface area contributed by atoms with Gasteiger partial charge in [-0.05, 0) is 19.1 Å². The number of carbonyl (C=O) groups is 2. The van der Waals surface area contributed by atoms with Crippen molar-refractivity contribution in [3.05, 3.63) is 24.2 Å². The number of nitrogens with zero attached hydrogens (tertiary/aromatic N) is 1. The zero-order valence-corrected chi connectivity index (χ0v) is 8.64. The summed E-state index contributed by atoms with van der Waals surface area (Å²) in [6.45, 7) is 2.98. The largest absolute Gasteiger partial charge is 0.480 e. The Kier molecular flexibility index (Phi) is 3.49. The average Bonchev–Trinajstić information content (AvgIpc) is 2.64. The maximum absolute atomic E-state index is 11.2. The van der Waals surface area contributed by atoms with Gasteiger partial charge in [0.2, 0.25) is 5.91 Å². The minimum atomic E-state index is -1.03. The lowest BCUT2D eigenvalue weighted by atomic mass is 10.2. The van der Waals surface area contributed by atoms with Gasteiger partial charge in [-0.25, -0.2) is 4.79 Å². The minimum absolute atomic E-state index is 0.176. The normalized spacial score (nSPS) is 12.1. The number of carboxylic acid groups (broad SMARTS) is 1. The molecule has 0 spiro atoms. The second kappa shape index (κ2) is 4.63. The van der Waals surface area contributed by atoms with Gasteiger partial charge in [-0.15, -0.1) is 0 Å². The highest BCUT2D eigenvalue weighted by Gasteiger charge is 2.23. The molecule has 1 aromatic heterocycles. The van der Waals surface area contributed by atoms with Crippen molar-refractivity contribution < 1.29 is 19.1 Å². The molecule has 0 aliphatic carbocycles. The first kappa shape index (κ1) is 11.3. The molecule has 0 aromatic carbocycles. The van der Waals surface area contributed by atoms with Gasteiger partial charge < -0.3 is 14.4 Å². The van der Waals surface area contributed by atoms with E-state index in [0.29, 0.717) is 5.76 Å². The lowest BCUT2D eigenvalue weighted by Crippen LogP contribution is -2.41. The van der Waals surface area contributed by atoms with E-state index >= 15 is 0 Å². The van der Waals surface area contributed by atoms with Gasteiger partial charge >= 0.3 is 5.97 Å². The molecule has 1 rings (SSSR count). The molecule has 5 nitrogen and oxygen atoms in total. The van der Waals surface area contributed by atoms with E-state index in [9.17, 15) is 9.59 Å². The maximum Gasteiger partial charge on any atom is 0.326 e.